The van der Waals surface area contributed by atoms with E-state index in [-0.39, 0.29) is 18.3 Å². The van der Waals surface area contributed by atoms with Crippen LogP contribution in [0.5, 0.6) is 0 Å². The molecule has 0 bridgehead atoms. The van der Waals surface area contributed by atoms with Crippen molar-refractivity contribution in [2.75, 3.05) is 5.32 Å². The van der Waals surface area contributed by atoms with Crippen LogP contribution in [0.4, 0.5) is 10.2 Å². The van der Waals surface area contributed by atoms with Gasteiger partial charge in [-0.2, -0.15) is 15.3 Å². The SMILES string of the molecule is Cn1nccc1NC(=O)Cn1ccc(-c2cnn(-c3ccc(F)cc3)c2)n1. The first-order valence-electron chi connectivity index (χ1n) is 8.21. The molecule has 0 fully saturated rings. The van der Waals surface area contributed by atoms with E-state index in [2.05, 4.69) is 20.6 Å². The molecule has 0 radical (unpaired) electrons. The van der Waals surface area contributed by atoms with Crippen LogP contribution in [0.3, 0.4) is 0 Å². The molecule has 0 unspecified atom stereocenters. The van der Waals surface area contributed by atoms with E-state index in [1.54, 1.807) is 64.1 Å². The summed E-state index contributed by atoms with van der Waals surface area (Å²) in [7, 11) is 1.75. The van der Waals surface area contributed by atoms with Crippen molar-refractivity contribution in [2.45, 2.75) is 6.54 Å². The number of aromatic nitrogens is 6. The second-order valence-electron chi connectivity index (χ2n) is 5.94. The van der Waals surface area contributed by atoms with Crippen molar-refractivity contribution in [2.24, 2.45) is 7.05 Å². The minimum atomic E-state index is -0.297. The Balaban J connectivity index is 1.45. The molecule has 0 atom stereocenters. The number of hydrogen-bond donors (Lipinski definition) is 1. The molecule has 0 spiro atoms. The molecular weight excluding hydrogens is 349 g/mol. The Morgan fingerprint density at radius 2 is 1.96 bits per heavy atom. The maximum atomic E-state index is 13.0. The van der Waals surface area contributed by atoms with Crippen molar-refractivity contribution in [3.8, 4) is 16.9 Å². The Morgan fingerprint density at radius 1 is 1.15 bits per heavy atom. The van der Waals surface area contributed by atoms with E-state index in [4.69, 9.17) is 0 Å². The predicted molar refractivity (Wildman–Crippen MR) is 96.6 cm³/mol. The number of benzene rings is 1. The summed E-state index contributed by atoms with van der Waals surface area (Å²) in [6, 6.07) is 9.58. The average Bonchev–Trinajstić information content (AvgIpc) is 3.38. The Kier molecular flexibility index (Phi) is 4.25. The third-order valence-electron chi connectivity index (χ3n) is 4.00. The Bertz CT molecular complexity index is 1080. The maximum absolute atomic E-state index is 13.0. The lowest BCUT2D eigenvalue weighted by molar-refractivity contribution is -0.116. The third kappa shape index (κ3) is 3.61. The van der Waals surface area contributed by atoms with Crippen LogP contribution in [0.25, 0.3) is 16.9 Å². The standard InChI is InChI=1S/C18H16FN7O/c1-24-17(6-8-20-24)22-18(27)12-25-9-7-16(23-25)13-10-21-26(11-13)15-4-2-14(19)3-5-15/h2-11H,12H2,1H3,(H,22,27). The molecule has 0 aliphatic rings. The van der Waals surface area contributed by atoms with Gasteiger partial charge in [0.1, 0.15) is 18.2 Å². The second kappa shape index (κ2) is 6.87. The molecule has 9 heteroatoms. The highest BCUT2D eigenvalue weighted by atomic mass is 19.1. The first-order valence-corrected chi connectivity index (χ1v) is 8.21. The summed E-state index contributed by atoms with van der Waals surface area (Å²) in [5, 5.41) is 15.5. The fourth-order valence-corrected chi connectivity index (χ4v) is 2.62. The molecule has 136 valence electrons. The van der Waals surface area contributed by atoms with Crippen LogP contribution in [0, 0.1) is 5.82 Å². The number of carbonyl (C=O) groups is 1. The number of carbonyl (C=O) groups excluding carboxylic acids is 1. The highest BCUT2D eigenvalue weighted by Crippen LogP contribution is 2.18. The van der Waals surface area contributed by atoms with E-state index in [0.29, 0.717) is 11.5 Å². The average molecular weight is 365 g/mol. The quantitative estimate of drug-likeness (QED) is 0.588. The zero-order valence-corrected chi connectivity index (χ0v) is 14.5. The number of amides is 1. The van der Waals surface area contributed by atoms with Gasteiger partial charge in [0.2, 0.25) is 5.91 Å². The lowest BCUT2D eigenvalue weighted by Crippen LogP contribution is -2.20. The highest BCUT2D eigenvalue weighted by molar-refractivity contribution is 5.89. The lowest BCUT2D eigenvalue weighted by atomic mass is 10.2. The van der Waals surface area contributed by atoms with E-state index in [1.807, 2.05) is 6.07 Å². The molecule has 0 saturated heterocycles. The molecular formula is C18H16FN7O. The topological polar surface area (TPSA) is 82.6 Å². The number of aryl methyl sites for hydroxylation is 1. The van der Waals surface area contributed by atoms with Gasteiger partial charge in [0.25, 0.3) is 0 Å². The van der Waals surface area contributed by atoms with Gasteiger partial charge in [-0.25, -0.2) is 9.07 Å². The summed E-state index contributed by atoms with van der Waals surface area (Å²) in [5.41, 5.74) is 2.24. The monoisotopic (exact) mass is 365 g/mol. The van der Waals surface area contributed by atoms with E-state index in [9.17, 15) is 9.18 Å². The Labute approximate surface area is 153 Å². The van der Waals surface area contributed by atoms with Crippen LogP contribution in [-0.2, 0) is 18.4 Å². The molecule has 8 nitrogen and oxygen atoms in total. The lowest BCUT2D eigenvalue weighted by Gasteiger charge is -2.05. The molecule has 1 N–H and O–H groups in total. The van der Waals surface area contributed by atoms with Gasteiger partial charge in [0, 0.05) is 31.1 Å². The first kappa shape index (κ1) is 16.7. The summed E-state index contributed by atoms with van der Waals surface area (Å²) in [6.07, 6.45) is 6.81. The number of rotatable bonds is 5. The van der Waals surface area contributed by atoms with Crippen LogP contribution < -0.4 is 5.32 Å². The Hall–Kier alpha value is -3.75. The van der Waals surface area contributed by atoms with Crippen LogP contribution in [0.1, 0.15) is 0 Å². The number of anilines is 1. The van der Waals surface area contributed by atoms with Crippen molar-refractivity contribution < 1.29 is 9.18 Å². The first-order chi connectivity index (χ1) is 13.1. The van der Waals surface area contributed by atoms with Crippen molar-refractivity contribution in [3.63, 3.8) is 0 Å². The fourth-order valence-electron chi connectivity index (χ4n) is 2.62. The van der Waals surface area contributed by atoms with Gasteiger partial charge >= 0.3 is 0 Å². The minimum Gasteiger partial charge on any atom is -0.309 e. The zero-order valence-electron chi connectivity index (χ0n) is 14.5. The molecule has 27 heavy (non-hydrogen) atoms. The van der Waals surface area contributed by atoms with Crippen LogP contribution in [-0.4, -0.2) is 35.2 Å². The molecule has 1 amide bonds. The summed E-state index contributed by atoms with van der Waals surface area (Å²) in [4.78, 5) is 12.1. The van der Waals surface area contributed by atoms with Crippen molar-refractivity contribution in [3.05, 3.63) is 67.0 Å². The van der Waals surface area contributed by atoms with Gasteiger partial charge in [0.05, 0.1) is 23.8 Å². The zero-order chi connectivity index (χ0) is 18.8. The summed E-state index contributed by atoms with van der Waals surface area (Å²) >= 11 is 0. The molecule has 0 aliphatic heterocycles. The number of halogens is 1. The number of hydrogen-bond acceptors (Lipinski definition) is 4. The van der Waals surface area contributed by atoms with E-state index >= 15 is 0 Å². The molecule has 0 saturated carbocycles. The summed E-state index contributed by atoms with van der Waals surface area (Å²) in [6.45, 7) is 0.0806. The maximum Gasteiger partial charge on any atom is 0.247 e. The predicted octanol–water partition coefficient (Wildman–Crippen LogP) is 2.25. The largest absolute Gasteiger partial charge is 0.309 e. The molecule has 1 aromatic carbocycles. The minimum absolute atomic E-state index is 0.0806. The molecule has 3 heterocycles. The fraction of sp³-hybridized carbons (Fsp3) is 0.111. The van der Waals surface area contributed by atoms with Gasteiger partial charge < -0.3 is 5.32 Å². The van der Waals surface area contributed by atoms with Gasteiger partial charge in [-0.05, 0) is 30.3 Å². The number of nitrogens with zero attached hydrogens (tertiary/aromatic N) is 6. The van der Waals surface area contributed by atoms with Crippen LogP contribution >= 0.6 is 0 Å². The van der Waals surface area contributed by atoms with Crippen LogP contribution in [0.15, 0.2) is 61.2 Å². The highest BCUT2D eigenvalue weighted by Gasteiger charge is 2.10. The molecule has 0 aliphatic carbocycles. The molecule has 4 rings (SSSR count). The van der Waals surface area contributed by atoms with E-state index in [1.165, 1.54) is 12.1 Å². The number of nitrogens with one attached hydrogen (secondary N) is 1. The van der Waals surface area contributed by atoms with E-state index < -0.39 is 0 Å². The van der Waals surface area contributed by atoms with Gasteiger partial charge in [-0.1, -0.05) is 0 Å². The molecule has 3 aromatic heterocycles. The summed E-state index contributed by atoms with van der Waals surface area (Å²) in [5.74, 6) is 0.123. The van der Waals surface area contributed by atoms with Crippen molar-refractivity contribution in [1.82, 2.24) is 29.3 Å². The van der Waals surface area contributed by atoms with Gasteiger partial charge in [-0.3, -0.25) is 14.2 Å². The van der Waals surface area contributed by atoms with Gasteiger partial charge in [0.15, 0.2) is 0 Å². The van der Waals surface area contributed by atoms with E-state index in [0.717, 1.165) is 11.3 Å². The van der Waals surface area contributed by atoms with Crippen molar-refractivity contribution >= 4 is 11.7 Å². The Morgan fingerprint density at radius 3 is 2.70 bits per heavy atom. The second-order valence-corrected chi connectivity index (χ2v) is 5.94. The van der Waals surface area contributed by atoms with Crippen molar-refractivity contribution in [1.29, 1.82) is 0 Å². The van der Waals surface area contributed by atoms with Gasteiger partial charge in [-0.15, -0.1) is 0 Å². The summed E-state index contributed by atoms with van der Waals surface area (Å²) < 4.78 is 17.8. The molecule has 4 aromatic rings. The smallest absolute Gasteiger partial charge is 0.247 e. The normalized spacial score (nSPS) is 10.9. The van der Waals surface area contributed by atoms with Crippen LogP contribution in [0.2, 0.25) is 0 Å². The third-order valence-corrected chi connectivity index (χ3v) is 4.00.